The van der Waals surface area contributed by atoms with E-state index in [1.54, 1.807) is 24.5 Å². The first-order valence-corrected chi connectivity index (χ1v) is 11.3. The van der Waals surface area contributed by atoms with Crippen LogP contribution in [0.1, 0.15) is 16.1 Å². The normalized spacial score (nSPS) is 15.4. The Morgan fingerprint density at radius 2 is 2.06 bits per heavy atom. The highest BCUT2D eigenvalue weighted by atomic mass is 32.1. The number of fused-ring (bicyclic) bond motifs is 1. The molecule has 2 aromatic heterocycles. The minimum atomic E-state index is -0.528. The third-order valence-corrected chi connectivity index (χ3v) is 6.00. The van der Waals surface area contributed by atoms with Crippen LogP contribution < -0.4 is 5.32 Å². The number of nitrogens with zero attached hydrogens (tertiary/aromatic N) is 1. The van der Waals surface area contributed by atoms with Gasteiger partial charge in [-0.15, -0.1) is 11.3 Å². The fourth-order valence-corrected chi connectivity index (χ4v) is 4.24. The molecule has 33 heavy (non-hydrogen) atoms. The van der Waals surface area contributed by atoms with E-state index in [0.717, 1.165) is 10.4 Å². The number of amides is 1. The molecule has 1 amide bonds. The van der Waals surface area contributed by atoms with Crippen molar-refractivity contribution in [3.8, 4) is 0 Å². The molecule has 0 fully saturated rings. The molecule has 1 unspecified atom stereocenters. The molecule has 0 spiro atoms. The number of anilines is 1. The second kappa shape index (κ2) is 9.30. The van der Waals surface area contributed by atoms with E-state index in [0.29, 0.717) is 28.8 Å². The zero-order valence-electron chi connectivity index (χ0n) is 17.5. The second-order valence-corrected chi connectivity index (χ2v) is 8.55. The largest absolute Gasteiger partial charge is 0.458 e. The molecule has 0 radical (unpaired) electrons. The SMILES string of the molecule is O=C(Cc1cccs1)Nc1cc2c(C=CC3=COC(Cc4ccccc4)O3)n[nH]c2cc1F. The van der Waals surface area contributed by atoms with Gasteiger partial charge in [-0.1, -0.05) is 36.4 Å². The Balaban J connectivity index is 1.27. The Hall–Kier alpha value is -3.91. The molecule has 4 aromatic rings. The van der Waals surface area contributed by atoms with Crippen LogP contribution in [0, 0.1) is 5.82 Å². The van der Waals surface area contributed by atoms with Crippen molar-refractivity contribution in [3.05, 3.63) is 100 Å². The van der Waals surface area contributed by atoms with Crippen LogP contribution in [0.5, 0.6) is 0 Å². The number of aromatic nitrogens is 2. The van der Waals surface area contributed by atoms with E-state index in [1.165, 1.54) is 17.4 Å². The molecule has 2 N–H and O–H groups in total. The Labute approximate surface area is 193 Å². The molecular weight excluding hydrogens is 441 g/mol. The molecule has 1 atom stereocenters. The zero-order chi connectivity index (χ0) is 22.6. The van der Waals surface area contributed by atoms with E-state index in [4.69, 9.17) is 9.47 Å². The van der Waals surface area contributed by atoms with E-state index in [9.17, 15) is 9.18 Å². The van der Waals surface area contributed by atoms with Gasteiger partial charge in [0.25, 0.3) is 0 Å². The van der Waals surface area contributed by atoms with Crippen LogP contribution in [0.4, 0.5) is 10.1 Å². The molecule has 166 valence electrons. The fourth-order valence-electron chi connectivity index (χ4n) is 3.53. The number of benzene rings is 2. The van der Waals surface area contributed by atoms with Gasteiger partial charge in [-0.05, 0) is 35.2 Å². The van der Waals surface area contributed by atoms with Gasteiger partial charge in [0, 0.05) is 22.8 Å². The number of halogens is 1. The molecule has 0 bridgehead atoms. The summed E-state index contributed by atoms with van der Waals surface area (Å²) < 4.78 is 25.9. The van der Waals surface area contributed by atoms with Crippen molar-refractivity contribution in [2.24, 2.45) is 0 Å². The first-order chi connectivity index (χ1) is 16.1. The number of rotatable bonds is 7. The van der Waals surface area contributed by atoms with Crippen molar-refractivity contribution in [2.45, 2.75) is 19.1 Å². The Kier molecular flexibility index (Phi) is 5.91. The number of H-pyrrole nitrogens is 1. The number of carbonyl (C=O) groups excluding carboxylic acids is 1. The summed E-state index contributed by atoms with van der Waals surface area (Å²) in [5.74, 6) is -0.235. The Morgan fingerprint density at radius 3 is 2.88 bits per heavy atom. The number of allylic oxidation sites excluding steroid dienone is 1. The summed E-state index contributed by atoms with van der Waals surface area (Å²) in [5.41, 5.74) is 2.36. The van der Waals surface area contributed by atoms with E-state index >= 15 is 0 Å². The maximum atomic E-state index is 14.5. The predicted molar refractivity (Wildman–Crippen MR) is 126 cm³/mol. The summed E-state index contributed by atoms with van der Waals surface area (Å²) in [5, 5.41) is 12.3. The van der Waals surface area contributed by atoms with Crippen LogP contribution in [-0.4, -0.2) is 22.4 Å². The first kappa shape index (κ1) is 21.0. The average Bonchev–Trinajstić information content (AvgIpc) is 3.56. The van der Waals surface area contributed by atoms with Gasteiger partial charge in [0.2, 0.25) is 12.2 Å². The number of nitrogens with one attached hydrogen (secondary N) is 2. The molecule has 3 heterocycles. The lowest BCUT2D eigenvalue weighted by molar-refractivity contribution is -0.115. The van der Waals surface area contributed by atoms with Gasteiger partial charge in [-0.2, -0.15) is 5.10 Å². The molecule has 6 nitrogen and oxygen atoms in total. The predicted octanol–water partition coefficient (Wildman–Crippen LogP) is 5.41. The van der Waals surface area contributed by atoms with Crippen molar-refractivity contribution in [1.82, 2.24) is 10.2 Å². The van der Waals surface area contributed by atoms with Gasteiger partial charge in [-0.3, -0.25) is 9.89 Å². The van der Waals surface area contributed by atoms with E-state index < -0.39 is 5.82 Å². The third kappa shape index (κ3) is 4.96. The number of hydrogen-bond acceptors (Lipinski definition) is 5. The quantitative estimate of drug-likeness (QED) is 0.386. The number of ether oxygens (including phenoxy) is 2. The molecule has 0 aliphatic carbocycles. The zero-order valence-corrected chi connectivity index (χ0v) is 18.3. The first-order valence-electron chi connectivity index (χ1n) is 10.4. The van der Waals surface area contributed by atoms with Gasteiger partial charge < -0.3 is 14.8 Å². The standard InChI is InChI=1S/C25H20FN3O3S/c26-20-14-22-19(13-23(20)27-24(30)12-18-7-4-10-33-18)21(28-29-22)9-8-17-15-31-25(32-17)11-16-5-2-1-3-6-16/h1-10,13-15,25H,11-12H2,(H,27,30)(H,28,29). The molecule has 5 rings (SSSR count). The lowest BCUT2D eigenvalue weighted by Crippen LogP contribution is -2.14. The second-order valence-electron chi connectivity index (χ2n) is 7.52. The fraction of sp³-hybridized carbons (Fsp3) is 0.120. The minimum Gasteiger partial charge on any atom is -0.458 e. The summed E-state index contributed by atoms with van der Waals surface area (Å²) >= 11 is 1.49. The van der Waals surface area contributed by atoms with Crippen LogP contribution in [0.3, 0.4) is 0 Å². The third-order valence-electron chi connectivity index (χ3n) is 5.12. The summed E-state index contributed by atoms with van der Waals surface area (Å²) in [6.07, 6.45) is 5.51. The molecule has 1 aliphatic heterocycles. The van der Waals surface area contributed by atoms with Gasteiger partial charge >= 0.3 is 0 Å². The summed E-state index contributed by atoms with van der Waals surface area (Å²) in [7, 11) is 0. The lowest BCUT2D eigenvalue weighted by atomic mass is 10.1. The van der Waals surface area contributed by atoms with E-state index in [2.05, 4.69) is 15.5 Å². The number of thiophene rings is 1. The monoisotopic (exact) mass is 461 g/mol. The van der Waals surface area contributed by atoms with Crippen LogP contribution in [0.15, 0.2) is 78.1 Å². The Bertz CT molecular complexity index is 1330. The molecular formula is C25H20FN3O3S. The summed E-state index contributed by atoms with van der Waals surface area (Å²) in [6, 6.07) is 16.6. The number of carbonyl (C=O) groups is 1. The lowest BCUT2D eigenvalue weighted by Gasteiger charge is -2.10. The van der Waals surface area contributed by atoms with Gasteiger partial charge in [0.1, 0.15) is 12.1 Å². The van der Waals surface area contributed by atoms with Gasteiger partial charge in [-0.25, -0.2) is 4.39 Å². The maximum absolute atomic E-state index is 14.5. The molecule has 0 saturated carbocycles. The van der Waals surface area contributed by atoms with Crippen LogP contribution >= 0.6 is 11.3 Å². The smallest absolute Gasteiger partial charge is 0.244 e. The van der Waals surface area contributed by atoms with Crippen LogP contribution in [-0.2, 0) is 27.1 Å². The highest BCUT2D eigenvalue weighted by Gasteiger charge is 2.18. The number of aromatic amines is 1. The molecule has 8 heteroatoms. The van der Waals surface area contributed by atoms with E-state index in [-0.39, 0.29) is 24.3 Å². The van der Waals surface area contributed by atoms with E-state index in [1.807, 2.05) is 47.8 Å². The topological polar surface area (TPSA) is 76.2 Å². The van der Waals surface area contributed by atoms with Crippen molar-refractivity contribution < 1.29 is 18.7 Å². The summed E-state index contributed by atoms with van der Waals surface area (Å²) in [4.78, 5) is 13.2. The van der Waals surface area contributed by atoms with Gasteiger partial charge in [0.05, 0.1) is 23.3 Å². The van der Waals surface area contributed by atoms with Crippen LogP contribution in [0.25, 0.3) is 17.0 Å². The molecule has 2 aromatic carbocycles. The minimum absolute atomic E-state index is 0.114. The number of hydrogen-bond donors (Lipinski definition) is 2. The van der Waals surface area contributed by atoms with Crippen molar-refractivity contribution in [3.63, 3.8) is 0 Å². The molecule has 1 aliphatic rings. The van der Waals surface area contributed by atoms with Gasteiger partial charge in [0.15, 0.2) is 5.76 Å². The van der Waals surface area contributed by atoms with Crippen molar-refractivity contribution in [1.29, 1.82) is 0 Å². The molecule has 0 saturated heterocycles. The highest BCUT2D eigenvalue weighted by Crippen LogP contribution is 2.26. The van der Waals surface area contributed by atoms with Crippen molar-refractivity contribution >= 4 is 39.9 Å². The summed E-state index contributed by atoms with van der Waals surface area (Å²) in [6.45, 7) is 0. The van der Waals surface area contributed by atoms with Crippen LogP contribution in [0.2, 0.25) is 0 Å². The highest BCUT2D eigenvalue weighted by molar-refractivity contribution is 7.10. The maximum Gasteiger partial charge on any atom is 0.244 e. The van der Waals surface area contributed by atoms with Crippen molar-refractivity contribution in [2.75, 3.05) is 5.32 Å². The Morgan fingerprint density at radius 1 is 1.18 bits per heavy atom. The average molecular weight is 462 g/mol.